The lowest BCUT2D eigenvalue weighted by molar-refractivity contribution is 0.125. The first kappa shape index (κ1) is 38.8. The van der Waals surface area contributed by atoms with Crippen molar-refractivity contribution in [1.82, 2.24) is 39.5 Å². The van der Waals surface area contributed by atoms with Crippen molar-refractivity contribution < 1.29 is 20.1 Å². The Morgan fingerprint density at radius 3 is 1.77 bits per heavy atom. The maximum atomic E-state index is 10.1. The molecule has 7 N–H and O–H groups in total. The number of aliphatic hydroxyl groups is 2. The van der Waals surface area contributed by atoms with E-state index in [0.29, 0.717) is 24.2 Å². The molecule has 61 heavy (non-hydrogen) atoms. The van der Waals surface area contributed by atoms with Gasteiger partial charge in [-0.15, -0.1) is 22.7 Å². The van der Waals surface area contributed by atoms with E-state index >= 15 is 0 Å². The van der Waals surface area contributed by atoms with E-state index in [1.54, 1.807) is 68.7 Å². The predicted octanol–water partition coefficient (Wildman–Crippen LogP) is 8.27. The van der Waals surface area contributed by atoms with Gasteiger partial charge in [0, 0.05) is 17.0 Å². The molecule has 0 atom stereocenters. The zero-order chi connectivity index (χ0) is 41.3. The highest BCUT2D eigenvalue weighted by Crippen LogP contribution is 2.35. The first-order valence-corrected chi connectivity index (χ1v) is 22.1. The van der Waals surface area contributed by atoms with Gasteiger partial charge in [-0.25, -0.2) is 19.3 Å². The first-order chi connectivity index (χ1) is 29.8. The number of hydrogen-bond acceptors (Lipinski definition) is 16. The smallest absolute Gasteiger partial charge is 0.229 e. The van der Waals surface area contributed by atoms with Crippen molar-refractivity contribution in [3.05, 3.63) is 95.7 Å². The van der Waals surface area contributed by atoms with Gasteiger partial charge in [0.2, 0.25) is 11.9 Å². The van der Waals surface area contributed by atoms with Gasteiger partial charge in [-0.05, 0) is 117 Å². The van der Waals surface area contributed by atoms with Crippen LogP contribution < -0.4 is 26.0 Å². The summed E-state index contributed by atoms with van der Waals surface area (Å²) < 4.78 is 11.7. The number of anilines is 6. The number of nitrogens with one attached hydrogen (secondary N) is 4. The van der Waals surface area contributed by atoms with Crippen molar-refractivity contribution in [1.29, 1.82) is 0 Å². The van der Waals surface area contributed by atoms with Gasteiger partial charge in [-0.2, -0.15) is 20.2 Å². The summed E-state index contributed by atoms with van der Waals surface area (Å²) in [7, 11) is 0. The molecule has 0 aliphatic heterocycles. The number of aromatic hydroxyl groups is 1. The van der Waals surface area contributed by atoms with E-state index in [0.717, 1.165) is 111 Å². The minimum atomic E-state index is -0.257. The zero-order valence-electron chi connectivity index (χ0n) is 33.0. The highest BCUT2D eigenvalue weighted by atomic mass is 32.1. The molecule has 18 heteroatoms. The molecule has 2 fully saturated rings. The van der Waals surface area contributed by atoms with Gasteiger partial charge in [0.05, 0.1) is 80.2 Å². The Morgan fingerprint density at radius 2 is 1.18 bits per heavy atom. The Labute approximate surface area is 358 Å². The van der Waals surface area contributed by atoms with Gasteiger partial charge < -0.3 is 41.3 Å². The van der Waals surface area contributed by atoms with Gasteiger partial charge in [0.15, 0.2) is 0 Å². The fourth-order valence-corrected chi connectivity index (χ4v) is 9.56. The number of aromatic nitrogens is 8. The lowest BCUT2D eigenvalue weighted by Gasteiger charge is -2.26. The maximum Gasteiger partial charge on any atom is 0.229 e. The second-order valence-corrected chi connectivity index (χ2v) is 17.6. The molecule has 0 unspecified atom stereocenters. The molecule has 2 aliphatic rings. The average Bonchev–Trinajstić information content (AvgIpc) is 4.11. The summed E-state index contributed by atoms with van der Waals surface area (Å²) in [6.45, 7) is 0.349. The van der Waals surface area contributed by atoms with E-state index in [4.69, 9.17) is 24.7 Å². The topological polar surface area (TPSA) is 205 Å². The first-order valence-electron chi connectivity index (χ1n) is 20.4. The molecule has 0 spiro atoms. The zero-order valence-corrected chi connectivity index (χ0v) is 34.6. The molecule has 10 rings (SSSR count). The molecule has 0 amide bonds. The number of phenols is 1. The van der Waals surface area contributed by atoms with Crippen molar-refractivity contribution in [3.8, 4) is 22.9 Å². The van der Waals surface area contributed by atoms with Crippen LogP contribution in [0.25, 0.3) is 31.8 Å². The second-order valence-electron chi connectivity index (χ2n) is 15.5. The predicted molar refractivity (Wildman–Crippen MR) is 238 cm³/mol. The van der Waals surface area contributed by atoms with Crippen LogP contribution in [0.3, 0.4) is 0 Å². The molecule has 0 radical (unpaired) electrons. The molecule has 8 aromatic rings. The monoisotopic (exact) mass is 856 g/mol. The van der Waals surface area contributed by atoms with E-state index in [-0.39, 0.29) is 30.0 Å². The van der Waals surface area contributed by atoms with E-state index in [9.17, 15) is 15.3 Å². The van der Waals surface area contributed by atoms with E-state index in [1.165, 1.54) is 0 Å². The summed E-state index contributed by atoms with van der Waals surface area (Å²) in [5, 5.41) is 54.7. The summed E-state index contributed by atoms with van der Waals surface area (Å²) in [4.78, 5) is 20.3. The highest BCUT2D eigenvalue weighted by Gasteiger charge is 2.23. The van der Waals surface area contributed by atoms with Crippen molar-refractivity contribution >= 4 is 78.0 Å². The summed E-state index contributed by atoms with van der Waals surface area (Å²) in [6.07, 6.45) is 13.3. The van der Waals surface area contributed by atoms with E-state index in [1.807, 2.05) is 54.2 Å². The van der Waals surface area contributed by atoms with Crippen LogP contribution in [0, 0.1) is 0 Å². The number of hydrogen-bond donors (Lipinski definition) is 7. The lowest BCUT2D eigenvalue weighted by Crippen LogP contribution is -2.28. The van der Waals surface area contributed by atoms with Crippen LogP contribution >= 0.6 is 22.7 Å². The molecular formula is C43H44N12O4S2. The van der Waals surface area contributed by atoms with Gasteiger partial charge in [0.1, 0.15) is 29.7 Å². The van der Waals surface area contributed by atoms with Crippen LogP contribution in [0.5, 0.6) is 11.5 Å². The number of benzene rings is 2. The van der Waals surface area contributed by atoms with Crippen molar-refractivity contribution in [2.24, 2.45) is 0 Å². The fraction of sp³-hybridized carbons (Fsp3) is 0.302. The minimum absolute atomic E-state index is 0.191. The molecule has 6 aromatic heterocycles. The molecule has 0 saturated heterocycles. The number of nitrogens with zero attached hydrogens (tertiary/aromatic N) is 8. The van der Waals surface area contributed by atoms with Crippen molar-refractivity contribution in [2.75, 3.05) is 21.3 Å². The number of thiophene rings is 2. The molecule has 312 valence electrons. The Bertz CT molecular complexity index is 2750. The SMILES string of the molecule is Oc1ccc(-n2cc(Nc3nc(N[C@H]4CC[C@H](O)CC4)c4sc(COc5ccc(-n6cc(Nc7nc(N[C@H]8CC[C@H](O)CC8)c8sccc8n7)cn6)cc5)cc4n3)cn2)cc1. The number of ether oxygens (including phenoxy) is 1. The minimum Gasteiger partial charge on any atom is -0.508 e. The van der Waals surface area contributed by atoms with Crippen LogP contribution in [0.15, 0.2) is 90.8 Å². The van der Waals surface area contributed by atoms with Gasteiger partial charge >= 0.3 is 0 Å². The summed E-state index contributed by atoms with van der Waals surface area (Å²) in [6, 6.07) is 19.1. The highest BCUT2D eigenvalue weighted by molar-refractivity contribution is 7.19. The van der Waals surface area contributed by atoms with Gasteiger partial charge in [-0.1, -0.05) is 0 Å². The van der Waals surface area contributed by atoms with Crippen LogP contribution in [-0.4, -0.2) is 79.1 Å². The molecule has 0 bridgehead atoms. The Kier molecular flexibility index (Phi) is 10.8. The van der Waals surface area contributed by atoms with E-state index in [2.05, 4.69) is 31.5 Å². The number of rotatable bonds is 13. The van der Waals surface area contributed by atoms with Crippen molar-refractivity contribution in [3.63, 3.8) is 0 Å². The Hall–Kier alpha value is -6.34. The normalized spacial score (nSPS) is 19.2. The molecule has 2 aliphatic carbocycles. The van der Waals surface area contributed by atoms with Crippen LogP contribution in [0.2, 0.25) is 0 Å². The molecule has 16 nitrogen and oxygen atoms in total. The molecular weight excluding hydrogens is 813 g/mol. The van der Waals surface area contributed by atoms with Crippen molar-refractivity contribution in [2.45, 2.75) is 82.3 Å². The van der Waals surface area contributed by atoms with Crippen LogP contribution in [0.4, 0.5) is 34.9 Å². The third kappa shape index (κ3) is 8.93. The lowest BCUT2D eigenvalue weighted by atomic mass is 9.93. The molecule has 2 aromatic carbocycles. The quantitative estimate of drug-likeness (QED) is 0.0583. The number of aliphatic hydroxyl groups excluding tert-OH is 2. The summed E-state index contributed by atoms with van der Waals surface area (Å²) >= 11 is 3.21. The third-order valence-electron chi connectivity index (χ3n) is 11.1. The Morgan fingerprint density at radius 1 is 0.639 bits per heavy atom. The van der Waals surface area contributed by atoms with Crippen LogP contribution in [-0.2, 0) is 6.61 Å². The third-order valence-corrected chi connectivity index (χ3v) is 13.1. The summed E-state index contributed by atoms with van der Waals surface area (Å²) in [5.41, 5.74) is 4.82. The molecule has 2 saturated carbocycles. The fourth-order valence-electron chi connectivity index (χ4n) is 7.82. The number of phenolic OH excluding ortho intramolecular Hbond substituents is 1. The van der Waals surface area contributed by atoms with E-state index < -0.39 is 0 Å². The standard InChI is InChI=1S/C43H44N12O4S2/c56-31-9-1-25(2-10-31)46-40-38-36(17-18-60-38)50-42(52-40)48-27-20-45-55(23-27)30-7-15-34(16-8-30)59-24-35-19-37-39(61-35)41(47-26-3-11-32(57)12-4-26)53-43(51-37)49-28-21-44-54(22-28)29-5-13-33(58)14-6-29/h5-8,13-23,25-26,31-32,56-58H,1-4,9-12,24H2,(H2,46,48,50,52)(H2,47,49,51,53)/t25-,26-,31-,32-. The number of fused-ring (bicyclic) bond motifs is 2. The largest absolute Gasteiger partial charge is 0.508 e. The summed E-state index contributed by atoms with van der Waals surface area (Å²) in [5.74, 6) is 3.38. The van der Waals surface area contributed by atoms with Crippen LogP contribution in [0.1, 0.15) is 56.2 Å². The van der Waals surface area contributed by atoms with Gasteiger partial charge in [0.25, 0.3) is 0 Å². The molecule has 6 heterocycles. The second kappa shape index (κ2) is 17.0. The maximum absolute atomic E-state index is 10.1. The Balaban J connectivity index is 0.812. The average molecular weight is 857 g/mol. The van der Waals surface area contributed by atoms with Gasteiger partial charge in [-0.3, -0.25) is 0 Å².